The Labute approximate surface area is 95.7 Å². The lowest BCUT2D eigenvalue weighted by Crippen LogP contribution is -2.15. The number of rotatable bonds is 3. The second-order valence-electron chi connectivity index (χ2n) is 4.12. The molecule has 3 heteroatoms. The van der Waals surface area contributed by atoms with Gasteiger partial charge in [-0.15, -0.1) is 0 Å². The Morgan fingerprint density at radius 2 is 1.88 bits per heavy atom. The quantitative estimate of drug-likeness (QED) is 0.790. The first-order valence-corrected chi connectivity index (χ1v) is 5.37. The highest BCUT2D eigenvalue weighted by Gasteiger charge is 2.14. The average molecular weight is 216 g/mol. The van der Waals surface area contributed by atoms with Crippen molar-refractivity contribution in [3.63, 3.8) is 0 Å². The van der Waals surface area contributed by atoms with Gasteiger partial charge in [-0.1, -0.05) is 35.5 Å². The van der Waals surface area contributed by atoms with Crippen molar-refractivity contribution in [2.75, 3.05) is 14.1 Å². The molecule has 0 N–H and O–H groups in total. The molecule has 1 atom stereocenters. The van der Waals surface area contributed by atoms with Gasteiger partial charge >= 0.3 is 0 Å². The van der Waals surface area contributed by atoms with Crippen LogP contribution in [0.2, 0.25) is 0 Å². The minimum Gasteiger partial charge on any atom is -0.359 e. The van der Waals surface area contributed by atoms with Crippen LogP contribution in [0, 0.1) is 0 Å². The molecule has 0 amide bonds. The van der Waals surface area contributed by atoms with Crippen LogP contribution in [-0.2, 0) is 0 Å². The summed E-state index contributed by atoms with van der Waals surface area (Å²) >= 11 is 0. The van der Waals surface area contributed by atoms with E-state index in [4.69, 9.17) is 4.52 Å². The number of aromatic nitrogens is 1. The lowest BCUT2D eigenvalue weighted by Gasteiger charge is -2.15. The molecule has 1 aromatic carbocycles. The molecule has 0 unspecified atom stereocenters. The van der Waals surface area contributed by atoms with Gasteiger partial charge in [-0.3, -0.25) is 4.90 Å². The van der Waals surface area contributed by atoms with Gasteiger partial charge in [-0.25, -0.2) is 0 Å². The standard InChI is InChI=1S/C13H16N2O/c1-10(15(2)3)13-9-12(14-16-13)11-7-5-4-6-8-11/h4-10H,1-3H3/t10-/m0/s1. The van der Waals surface area contributed by atoms with Crippen molar-refractivity contribution in [1.29, 1.82) is 0 Å². The average Bonchev–Trinajstić information content (AvgIpc) is 2.78. The van der Waals surface area contributed by atoms with E-state index in [-0.39, 0.29) is 6.04 Å². The summed E-state index contributed by atoms with van der Waals surface area (Å²) < 4.78 is 5.35. The van der Waals surface area contributed by atoms with Gasteiger partial charge in [0, 0.05) is 11.6 Å². The molecule has 1 aromatic heterocycles. The van der Waals surface area contributed by atoms with Gasteiger partial charge in [-0.05, 0) is 21.0 Å². The van der Waals surface area contributed by atoms with Crippen LogP contribution < -0.4 is 0 Å². The highest BCUT2D eigenvalue weighted by molar-refractivity contribution is 5.58. The van der Waals surface area contributed by atoms with Crippen LogP contribution in [0.15, 0.2) is 40.9 Å². The molecule has 0 aliphatic rings. The van der Waals surface area contributed by atoms with Crippen molar-refractivity contribution in [2.45, 2.75) is 13.0 Å². The summed E-state index contributed by atoms with van der Waals surface area (Å²) in [4.78, 5) is 2.09. The molecule has 0 aliphatic heterocycles. The third kappa shape index (κ3) is 2.14. The van der Waals surface area contributed by atoms with Crippen molar-refractivity contribution in [3.05, 3.63) is 42.2 Å². The number of hydrogen-bond donors (Lipinski definition) is 0. The summed E-state index contributed by atoms with van der Waals surface area (Å²) in [6, 6.07) is 12.3. The van der Waals surface area contributed by atoms with Gasteiger partial charge in [0.05, 0.1) is 6.04 Å². The van der Waals surface area contributed by atoms with Crippen molar-refractivity contribution >= 4 is 0 Å². The first-order chi connectivity index (χ1) is 7.68. The lowest BCUT2D eigenvalue weighted by molar-refractivity contribution is 0.253. The van der Waals surface area contributed by atoms with Crippen molar-refractivity contribution < 1.29 is 4.52 Å². The Kier molecular flexibility index (Phi) is 3.06. The maximum absolute atomic E-state index is 5.35. The molecule has 2 aromatic rings. The zero-order valence-electron chi connectivity index (χ0n) is 9.84. The Morgan fingerprint density at radius 3 is 2.50 bits per heavy atom. The third-order valence-corrected chi connectivity index (χ3v) is 2.78. The van der Waals surface area contributed by atoms with Crippen LogP contribution in [0.3, 0.4) is 0 Å². The van der Waals surface area contributed by atoms with E-state index in [2.05, 4.69) is 17.0 Å². The molecule has 0 saturated heterocycles. The molecule has 3 nitrogen and oxygen atoms in total. The van der Waals surface area contributed by atoms with E-state index in [1.54, 1.807) is 0 Å². The summed E-state index contributed by atoms with van der Waals surface area (Å²) in [6.45, 7) is 2.09. The molecule has 0 radical (unpaired) electrons. The highest BCUT2D eigenvalue weighted by atomic mass is 16.5. The molecule has 1 heterocycles. The summed E-state index contributed by atoms with van der Waals surface area (Å²) in [5.41, 5.74) is 1.98. The van der Waals surface area contributed by atoms with E-state index in [1.807, 2.05) is 50.5 Å². The van der Waals surface area contributed by atoms with Gasteiger partial charge in [0.2, 0.25) is 0 Å². The molecule has 0 bridgehead atoms. The van der Waals surface area contributed by atoms with Gasteiger partial charge < -0.3 is 4.52 Å². The van der Waals surface area contributed by atoms with Gasteiger partial charge in [-0.2, -0.15) is 0 Å². The lowest BCUT2D eigenvalue weighted by atomic mass is 10.1. The molecule has 0 saturated carbocycles. The fourth-order valence-electron chi connectivity index (χ4n) is 1.49. The Morgan fingerprint density at radius 1 is 1.19 bits per heavy atom. The minimum atomic E-state index is 0.241. The van der Waals surface area contributed by atoms with E-state index in [0.29, 0.717) is 0 Å². The van der Waals surface area contributed by atoms with Crippen LogP contribution in [0.1, 0.15) is 18.7 Å². The number of nitrogens with zero attached hydrogens (tertiary/aromatic N) is 2. The molecule has 2 rings (SSSR count). The van der Waals surface area contributed by atoms with Crippen LogP contribution >= 0.6 is 0 Å². The first kappa shape index (κ1) is 10.9. The third-order valence-electron chi connectivity index (χ3n) is 2.78. The fourth-order valence-corrected chi connectivity index (χ4v) is 1.49. The summed E-state index contributed by atoms with van der Waals surface area (Å²) in [5, 5.41) is 4.09. The Balaban J connectivity index is 2.27. The predicted octanol–water partition coefficient (Wildman–Crippen LogP) is 2.96. The number of benzene rings is 1. The molecular formula is C13H16N2O. The SMILES string of the molecule is C[C@@H](c1cc(-c2ccccc2)no1)N(C)C. The molecule has 0 aliphatic carbocycles. The second kappa shape index (κ2) is 4.49. The fraction of sp³-hybridized carbons (Fsp3) is 0.308. The number of hydrogen-bond acceptors (Lipinski definition) is 3. The molecular weight excluding hydrogens is 200 g/mol. The largest absolute Gasteiger partial charge is 0.359 e. The molecule has 0 spiro atoms. The summed E-state index contributed by atoms with van der Waals surface area (Å²) in [7, 11) is 4.05. The smallest absolute Gasteiger partial charge is 0.154 e. The van der Waals surface area contributed by atoms with Crippen LogP contribution in [-0.4, -0.2) is 24.2 Å². The summed E-state index contributed by atoms with van der Waals surface area (Å²) in [5.74, 6) is 0.892. The zero-order chi connectivity index (χ0) is 11.5. The normalized spacial score (nSPS) is 13.0. The molecule has 16 heavy (non-hydrogen) atoms. The van der Waals surface area contributed by atoms with E-state index in [9.17, 15) is 0 Å². The monoisotopic (exact) mass is 216 g/mol. The van der Waals surface area contributed by atoms with Gasteiger partial charge in [0.1, 0.15) is 5.69 Å². The first-order valence-electron chi connectivity index (χ1n) is 5.37. The van der Waals surface area contributed by atoms with Crippen LogP contribution in [0.25, 0.3) is 11.3 Å². The van der Waals surface area contributed by atoms with Crippen molar-refractivity contribution in [3.8, 4) is 11.3 Å². The Hall–Kier alpha value is -1.61. The van der Waals surface area contributed by atoms with Crippen molar-refractivity contribution in [2.24, 2.45) is 0 Å². The van der Waals surface area contributed by atoms with Crippen LogP contribution in [0.5, 0.6) is 0 Å². The van der Waals surface area contributed by atoms with Crippen molar-refractivity contribution in [1.82, 2.24) is 10.1 Å². The van der Waals surface area contributed by atoms with E-state index < -0.39 is 0 Å². The maximum atomic E-state index is 5.35. The molecule has 84 valence electrons. The topological polar surface area (TPSA) is 29.3 Å². The Bertz CT molecular complexity index is 448. The van der Waals surface area contributed by atoms with Gasteiger partial charge in [0.15, 0.2) is 5.76 Å². The molecule has 0 fully saturated rings. The predicted molar refractivity (Wildman–Crippen MR) is 64.0 cm³/mol. The van der Waals surface area contributed by atoms with E-state index in [1.165, 1.54) is 0 Å². The van der Waals surface area contributed by atoms with Crippen LogP contribution in [0.4, 0.5) is 0 Å². The van der Waals surface area contributed by atoms with Gasteiger partial charge in [0.25, 0.3) is 0 Å². The maximum Gasteiger partial charge on any atom is 0.154 e. The summed E-state index contributed by atoms with van der Waals surface area (Å²) in [6.07, 6.45) is 0. The van der Waals surface area contributed by atoms with E-state index >= 15 is 0 Å². The zero-order valence-corrected chi connectivity index (χ0v) is 9.84. The minimum absolute atomic E-state index is 0.241. The highest BCUT2D eigenvalue weighted by Crippen LogP contribution is 2.23. The second-order valence-corrected chi connectivity index (χ2v) is 4.12. The van der Waals surface area contributed by atoms with E-state index in [0.717, 1.165) is 17.0 Å².